The Hall–Kier alpha value is -0.420. The van der Waals surface area contributed by atoms with E-state index in [0.717, 1.165) is 45.0 Å². The number of nitrogens with zero attached hydrogens (tertiary/aromatic N) is 2. The maximum atomic E-state index is 9.42. The van der Waals surface area contributed by atoms with E-state index in [2.05, 4.69) is 42.7 Å². The normalized spacial score (nSPS) is 25.9. The highest BCUT2D eigenvalue weighted by atomic mass is 32.2. The highest BCUT2D eigenvalue weighted by Crippen LogP contribution is 2.45. The van der Waals surface area contributed by atoms with Crippen LogP contribution in [-0.2, 0) is 0 Å². The second-order valence-corrected chi connectivity index (χ2v) is 7.77. The lowest BCUT2D eigenvalue weighted by Crippen LogP contribution is -2.49. The first kappa shape index (κ1) is 16.0. The first-order valence-corrected chi connectivity index (χ1v) is 8.91. The lowest BCUT2D eigenvalue weighted by molar-refractivity contribution is 0.216. The van der Waals surface area contributed by atoms with Crippen molar-refractivity contribution < 1.29 is 5.11 Å². The van der Waals surface area contributed by atoms with E-state index in [9.17, 15) is 5.11 Å². The molecule has 2 aliphatic rings. The number of thioether (sulfide) groups is 1. The van der Waals surface area contributed by atoms with Gasteiger partial charge < -0.3 is 15.3 Å². The standard InChI is InChI=1S/C15H29N3OS/c1-4-16-14(17-10-15(11-19)5-6-15)18-7-8-20-13(9-18)12(2)3/h12-13,19H,4-11H2,1-3H3,(H,16,17). The summed E-state index contributed by atoms with van der Waals surface area (Å²) in [5, 5.41) is 13.5. The molecular formula is C15H29N3OS. The van der Waals surface area contributed by atoms with Crippen molar-refractivity contribution in [2.75, 3.05) is 38.5 Å². The molecule has 0 aromatic heterocycles. The van der Waals surface area contributed by atoms with Crippen molar-refractivity contribution >= 4 is 17.7 Å². The Balaban J connectivity index is 1.98. The smallest absolute Gasteiger partial charge is 0.193 e. The van der Waals surface area contributed by atoms with Gasteiger partial charge in [0.25, 0.3) is 0 Å². The second kappa shape index (κ2) is 7.03. The van der Waals surface area contributed by atoms with Gasteiger partial charge in [0.2, 0.25) is 0 Å². The SMILES string of the molecule is CCNC(=NCC1(CO)CC1)N1CCSC(C(C)C)C1. The summed E-state index contributed by atoms with van der Waals surface area (Å²) in [7, 11) is 0. The highest BCUT2D eigenvalue weighted by Gasteiger charge is 2.42. The summed E-state index contributed by atoms with van der Waals surface area (Å²) in [5.41, 5.74) is 0.0999. The maximum absolute atomic E-state index is 9.42. The first-order chi connectivity index (χ1) is 9.60. The number of aliphatic hydroxyl groups excluding tert-OH is 1. The monoisotopic (exact) mass is 299 g/mol. The molecule has 2 fully saturated rings. The third-order valence-electron chi connectivity index (χ3n) is 4.33. The highest BCUT2D eigenvalue weighted by molar-refractivity contribution is 8.00. The van der Waals surface area contributed by atoms with Gasteiger partial charge in [-0.3, -0.25) is 4.99 Å². The number of guanidine groups is 1. The molecule has 0 aromatic rings. The van der Waals surface area contributed by atoms with Crippen molar-refractivity contribution in [3.8, 4) is 0 Å². The minimum atomic E-state index is 0.0999. The summed E-state index contributed by atoms with van der Waals surface area (Å²) in [5.74, 6) is 2.93. The fourth-order valence-electron chi connectivity index (χ4n) is 2.48. The molecular weight excluding hydrogens is 270 g/mol. The van der Waals surface area contributed by atoms with Crippen LogP contribution in [0.2, 0.25) is 0 Å². The van der Waals surface area contributed by atoms with Crippen molar-refractivity contribution in [2.24, 2.45) is 16.3 Å². The minimum absolute atomic E-state index is 0.0999. The topological polar surface area (TPSA) is 47.9 Å². The van der Waals surface area contributed by atoms with Gasteiger partial charge in [0.05, 0.1) is 13.2 Å². The molecule has 2 N–H and O–H groups in total. The van der Waals surface area contributed by atoms with E-state index in [1.54, 1.807) is 0 Å². The molecule has 1 aliphatic carbocycles. The van der Waals surface area contributed by atoms with Crippen LogP contribution in [-0.4, -0.2) is 59.8 Å². The van der Waals surface area contributed by atoms with Gasteiger partial charge in [0.1, 0.15) is 0 Å². The Bertz CT molecular complexity index is 342. The van der Waals surface area contributed by atoms with Crippen molar-refractivity contribution in [3.05, 3.63) is 0 Å². The third kappa shape index (κ3) is 4.04. The molecule has 4 nitrogen and oxygen atoms in total. The fraction of sp³-hybridized carbons (Fsp3) is 0.933. The van der Waals surface area contributed by atoms with Gasteiger partial charge >= 0.3 is 0 Å². The van der Waals surface area contributed by atoms with E-state index in [0.29, 0.717) is 11.2 Å². The molecule has 1 heterocycles. The first-order valence-electron chi connectivity index (χ1n) is 7.86. The van der Waals surface area contributed by atoms with Gasteiger partial charge in [-0.1, -0.05) is 13.8 Å². The average molecular weight is 299 g/mol. The van der Waals surface area contributed by atoms with E-state index in [4.69, 9.17) is 4.99 Å². The van der Waals surface area contributed by atoms with E-state index in [1.165, 1.54) is 5.75 Å². The van der Waals surface area contributed by atoms with Crippen molar-refractivity contribution in [3.63, 3.8) is 0 Å². The van der Waals surface area contributed by atoms with Crippen LogP contribution in [0.1, 0.15) is 33.6 Å². The van der Waals surface area contributed by atoms with Gasteiger partial charge in [0.15, 0.2) is 5.96 Å². The molecule has 1 saturated carbocycles. The Morgan fingerprint density at radius 1 is 1.50 bits per heavy atom. The third-order valence-corrected chi connectivity index (χ3v) is 5.87. The maximum Gasteiger partial charge on any atom is 0.193 e. The van der Waals surface area contributed by atoms with Crippen LogP contribution in [0, 0.1) is 11.3 Å². The lowest BCUT2D eigenvalue weighted by Gasteiger charge is -2.36. The van der Waals surface area contributed by atoms with Crippen LogP contribution in [0.5, 0.6) is 0 Å². The van der Waals surface area contributed by atoms with Crippen LogP contribution in [0.4, 0.5) is 0 Å². The minimum Gasteiger partial charge on any atom is -0.396 e. The molecule has 1 unspecified atom stereocenters. The molecule has 0 spiro atoms. The number of hydrogen-bond donors (Lipinski definition) is 2. The van der Waals surface area contributed by atoms with Crippen LogP contribution in [0.25, 0.3) is 0 Å². The van der Waals surface area contributed by atoms with E-state index in [-0.39, 0.29) is 12.0 Å². The molecule has 1 saturated heterocycles. The van der Waals surface area contributed by atoms with Crippen molar-refractivity contribution in [2.45, 2.75) is 38.9 Å². The molecule has 1 aliphatic heterocycles. The largest absolute Gasteiger partial charge is 0.396 e. The van der Waals surface area contributed by atoms with E-state index >= 15 is 0 Å². The predicted molar refractivity (Wildman–Crippen MR) is 87.4 cm³/mol. The fourth-order valence-corrected chi connectivity index (χ4v) is 3.78. The van der Waals surface area contributed by atoms with Gasteiger partial charge in [-0.15, -0.1) is 0 Å². The molecule has 116 valence electrons. The van der Waals surface area contributed by atoms with Crippen LogP contribution in [0.15, 0.2) is 4.99 Å². The number of rotatable bonds is 5. The molecule has 0 bridgehead atoms. The van der Waals surface area contributed by atoms with Crippen molar-refractivity contribution in [1.82, 2.24) is 10.2 Å². The molecule has 0 radical (unpaired) electrons. The zero-order valence-electron chi connectivity index (χ0n) is 13.1. The molecule has 1 atom stereocenters. The van der Waals surface area contributed by atoms with Crippen LogP contribution in [0.3, 0.4) is 0 Å². The summed E-state index contributed by atoms with van der Waals surface area (Å²) in [4.78, 5) is 7.20. The van der Waals surface area contributed by atoms with Gasteiger partial charge in [-0.2, -0.15) is 11.8 Å². The van der Waals surface area contributed by atoms with Gasteiger partial charge in [-0.25, -0.2) is 0 Å². The Kier molecular flexibility index (Phi) is 5.61. The van der Waals surface area contributed by atoms with Crippen molar-refractivity contribution in [1.29, 1.82) is 0 Å². The Morgan fingerprint density at radius 3 is 2.80 bits per heavy atom. The zero-order valence-corrected chi connectivity index (χ0v) is 13.9. The number of hydrogen-bond acceptors (Lipinski definition) is 3. The Morgan fingerprint density at radius 2 is 2.25 bits per heavy atom. The molecule has 20 heavy (non-hydrogen) atoms. The van der Waals surface area contributed by atoms with Gasteiger partial charge in [0, 0.05) is 36.1 Å². The summed E-state index contributed by atoms with van der Waals surface area (Å²) >= 11 is 2.09. The molecule has 0 amide bonds. The average Bonchev–Trinajstić information content (AvgIpc) is 3.24. The molecule has 0 aromatic carbocycles. The second-order valence-electron chi connectivity index (χ2n) is 6.43. The summed E-state index contributed by atoms with van der Waals surface area (Å²) < 4.78 is 0. The molecule has 2 rings (SSSR count). The van der Waals surface area contributed by atoms with Crippen LogP contribution >= 0.6 is 11.8 Å². The number of aliphatic hydroxyl groups is 1. The quantitative estimate of drug-likeness (QED) is 0.600. The van der Waals surface area contributed by atoms with Gasteiger partial charge in [-0.05, 0) is 25.7 Å². The van der Waals surface area contributed by atoms with Crippen LogP contribution < -0.4 is 5.32 Å². The zero-order chi connectivity index (χ0) is 14.6. The van der Waals surface area contributed by atoms with E-state index in [1.807, 2.05) is 0 Å². The predicted octanol–water partition coefficient (Wildman–Crippen LogP) is 1.80. The number of aliphatic imine (C=N–C) groups is 1. The molecule has 5 heteroatoms. The summed E-state index contributed by atoms with van der Waals surface area (Å²) in [6.07, 6.45) is 2.24. The Labute approximate surface area is 127 Å². The number of nitrogens with one attached hydrogen (secondary N) is 1. The van der Waals surface area contributed by atoms with E-state index < -0.39 is 0 Å². The summed E-state index contributed by atoms with van der Waals surface area (Å²) in [6.45, 7) is 10.8. The summed E-state index contributed by atoms with van der Waals surface area (Å²) in [6, 6.07) is 0. The lowest BCUT2D eigenvalue weighted by atomic mass is 10.1.